The largest absolute Gasteiger partial charge is 0.508 e. The fourth-order valence-corrected chi connectivity index (χ4v) is 3.48. The second-order valence-electron chi connectivity index (χ2n) is 7.17. The molecule has 0 spiro atoms. The molecule has 5 atom stereocenters. The van der Waals surface area contributed by atoms with Gasteiger partial charge in [-0.1, -0.05) is 18.2 Å². The quantitative estimate of drug-likeness (QED) is 0.483. The Hall–Kier alpha value is -2.45. The van der Waals surface area contributed by atoms with Gasteiger partial charge in [-0.05, 0) is 42.5 Å². The van der Waals surface area contributed by atoms with Crippen LogP contribution in [0.5, 0.6) is 11.5 Å². The number of phenols is 1. The van der Waals surface area contributed by atoms with Crippen LogP contribution in [0.25, 0.3) is 16.8 Å². The summed E-state index contributed by atoms with van der Waals surface area (Å²) in [5.41, 5.74) is 0.756. The zero-order valence-corrected chi connectivity index (χ0v) is 15.4. The van der Waals surface area contributed by atoms with Gasteiger partial charge in [0.2, 0.25) is 0 Å². The number of carbonyl (C=O) groups excluding carboxylic acids is 1. The Bertz CT molecular complexity index is 890. The maximum atomic E-state index is 11.2. The molecule has 0 heterocycles. The molecule has 0 aromatic heterocycles. The molecule has 1 aliphatic rings. The number of fused-ring (bicyclic) bond motifs is 1. The molecule has 1 saturated carbocycles. The van der Waals surface area contributed by atoms with E-state index in [4.69, 9.17) is 4.74 Å². The van der Waals surface area contributed by atoms with Crippen LogP contribution in [-0.4, -0.2) is 62.3 Å². The molecule has 28 heavy (non-hydrogen) atoms. The third-order valence-electron chi connectivity index (χ3n) is 5.05. The highest BCUT2D eigenvalue weighted by molar-refractivity contribution is 5.94. The van der Waals surface area contributed by atoms with Gasteiger partial charge in [0.1, 0.15) is 29.8 Å². The number of allylic oxidation sites excluding steroid dienone is 1. The van der Waals surface area contributed by atoms with Gasteiger partial charge in [0, 0.05) is 24.0 Å². The summed E-state index contributed by atoms with van der Waals surface area (Å²) in [5, 5.41) is 51.1. The number of ketones is 1. The molecule has 2 aromatic rings. The number of rotatable bonds is 5. The number of carbonyl (C=O) groups is 1. The van der Waals surface area contributed by atoms with Gasteiger partial charge in [0.05, 0.1) is 6.10 Å². The summed E-state index contributed by atoms with van der Waals surface area (Å²) in [6.45, 7) is 1.09. The number of phenolic OH excluding ortho intramolecular Hbond substituents is 1. The van der Waals surface area contributed by atoms with Gasteiger partial charge in [0.25, 0.3) is 0 Å². The van der Waals surface area contributed by atoms with Crippen LogP contribution in [0.2, 0.25) is 0 Å². The maximum absolute atomic E-state index is 11.2. The number of aliphatic hydroxyl groups is 4. The van der Waals surface area contributed by atoms with Crippen molar-refractivity contribution in [1.29, 1.82) is 0 Å². The van der Waals surface area contributed by atoms with Crippen LogP contribution in [0.1, 0.15) is 18.9 Å². The Morgan fingerprint density at radius 2 is 1.89 bits per heavy atom. The van der Waals surface area contributed by atoms with Crippen LogP contribution in [0, 0.1) is 5.92 Å². The minimum atomic E-state index is -1.45. The Balaban J connectivity index is 1.97. The van der Waals surface area contributed by atoms with E-state index in [1.807, 2.05) is 0 Å². The van der Waals surface area contributed by atoms with Gasteiger partial charge in [0.15, 0.2) is 5.78 Å². The third-order valence-corrected chi connectivity index (χ3v) is 5.05. The van der Waals surface area contributed by atoms with Crippen molar-refractivity contribution in [3.63, 3.8) is 0 Å². The average molecular weight is 388 g/mol. The fourth-order valence-electron chi connectivity index (χ4n) is 3.48. The first-order valence-corrected chi connectivity index (χ1v) is 9.07. The van der Waals surface area contributed by atoms with E-state index in [0.29, 0.717) is 10.8 Å². The van der Waals surface area contributed by atoms with Crippen molar-refractivity contribution in [2.75, 3.05) is 6.61 Å². The number of hydrogen-bond acceptors (Lipinski definition) is 7. The van der Waals surface area contributed by atoms with E-state index in [1.54, 1.807) is 30.3 Å². The lowest BCUT2D eigenvalue weighted by Crippen LogP contribution is -2.56. The van der Waals surface area contributed by atoms with E-state index in [0.717, 1.165) is 5.56 Å². The smallest absolute Gasteiger partial charge is 0.152 e. The normalized spacial score (nSPS) is 28.0. The van der Waals surface area contributed by atoms with Crippen LogP contribution in [0.4, 0.5) is 0 Å². The fraction of sp³-hybridized carbons (Fsp3) is 0.381. The van der Waals surface area contributed by atoms with Gasteiger partial charge in [-0.15, -0.1) is 0 Å². The first-order valence-electron chi connectivity index (χ1n) is 9.07. The lowest BCUT2D eigenvalue weighted by molar-refractivity contribution is -0.156. The standard InChI is InChI=1S/C21H24O7/c1-11(23)2-3-12-4-5-13-7-15(24)9-17(16(13)6-12)28-18-8-14(10-22)19(25)21(27)20(18)26/h2-7,9,14,18-22,24-27H,8,10H2,1H3/b3-2+/t14?,18-,19-,20?,21-/m1/s1. The maximum Gasteiger partial charge on any atom is 0.152 e. The highest BCUT2D eigenvalue weighted by Crippen LogP contribution is 2.35. The molecule has 3 rings (SSSR count). The van der Waals surface area contributed by atoms with E-state index < -0.39 is 30.3 Å². The Kier molecular flexibility index (Phi) is 6.00. The van der Waals surface area contributed by atoms with Crippen LogP contribution in [0.3, 0.4) is 0 Å². The van der Waals surface area contributed by atoms with Gasteiger partial charge in [-0.25, -0.2) is 0 Å². The molecule has 5 N–H and O–H groups in total. The number of aromatic hydroxyl groups is 1. The highest BCUT2D eigenvalue weighted by atomic mass is 16.5. The average Bonchev–Trinajstić information content (AvgIpc) is 2.66. The summed E-state index contributed by atoms with van der Waals surface area (Å²) in [6.07, 6.45) is -1.69. The molecule has 0 amide bonds. The SMILES string of the molecule is CC(=O)/C=C/c1ccc2cc(O)cc(O[C@@H]3CC(CO)[C@@H](O)[C@@H](O)C3O)c2c1. The number of hydrogen-bond donors (Lipinski definition) is 5. The van der Waals surface area contributed by atoms with Gasteiger partial charge < -0.3 is 30.3 Å². The van der Waals surface area contributed by atoms with Crippen molar-refractivity contribution in [3.8, 4) is 11.5 Å². The molecule has 0 radical (unpaired) electrons. The topological polar surface area (TPSA) is 127 Å². The molecule has 7 nitrogen and oxygen atoms in total. The minimum absolute atomic E-state index is 0.0286. The lowest BCUT2D eigenvalue weighted by atomic mass is 9.81. The molecule has 150 valence electrons. The second-order valence-corrected chi connectivity index (χ2v) is 7.17. The predicted octanol–water partition coefficient (Wildman–Crippen LogP) is 0.990. The van der Waals surface area contributed by atoms with Crippen LogP contribution >= 0.6 is 0 Å². The molecular weight excluding hydrogens is 364 g/mol. The second kappa shape index (κ2) is 8.28. The van der Waals surface area contributed by atoms with Crippen molar-refractivity contribution in [1.82, 2.24) is 0 Å². The van der Waals surface area contributed by atoms with Crippen molar-refractivity contribution >= 4 is 22.6 Å². The first kappa shape index (κ1) is 20.3. The van der Waals surface area contributed by atoms with E-state index in [2.05, 4.69) is 0 Å². The van der Waals surface area contributed by atoms with Crippen molar-refractivity contribution < 1.29 is 35.1 Å². The van der Waals surface area contributed by atoms with E-state index in [9.17, 15) is 30.3 Å². The van der Waals surface area contributed by atoms with Crippen LogP contribution in [0.15, 0.2) is 36.4 Å². The first-order chi connectivity index (χ1) is 13.3. The van der Waals surface area contributed by atoms with Crippen molar-refractivity contribution in [2.45, 2.75) is 37.8 Å². The minimum Gasteiger partial charge on any atom is -0.508 e. The summed E-state index contributed by atoms with van der Waals surface area (Å²) >= 11 is 0. The number of ether oxygens (including phenoxy) is 1. The molecule has 0 saturated heterocycles. The highest BCUT2D eigenvalue weighted by Gasteiger charge is 2.43. The summed E-state index contributed by atoms with van der Waals surface area (Å²) < 4.78 is 5.91. The summed E-state index contributed by atoms with van der Waals surface area (Å²) in [7, 11) is 0. The van der Waals surface area contributed by atoms with Gasteiger partial charge in [-0.2, -0.15) is 0 Å². The molecule has 7 heteroatoms. The monoisotopic (exact) mass is 388 g/mol. The summed E-state index contributed by atoms with van der Waals surface area (Å²) in [5.74, 6) is -0.465. The van der Waals surface area contributed by atoms with Crippen LogP contribution < -0.4 is 4.74 Å². The molecular formula is C21H24O7. The predicted molar refractivity (Wildman–Crippen MR) is 103 cm³/mol. The molecule has 0 bridgehead atoms. The Morgan fingerprint density at radius 1 is 1.14 bits per heavy atom. The molecule has 1 aliphatic carbocycles. The van der Waals surface area contributed by atoms with Crippen molar-refractivity contribution in [2.24, 2.45) is 5.92 Å². The Morgan fingerprint density at radius 3 is 2.57 bits per heavy atom. The summed E-state index contributed by atoms with van der Waals surface area (Å²) in [4.78, 5) is 11.2. The van der Waals surface area contributed by atoms with E-state index >= 15 is 0 Å². The van der Waals surface area contributed by atoms with E-state index in [-0.39, 0.29) is 30.3 Å². The van der Waals surface area contributed by atoms with Crippen LogP contribution in [-0.2, 0) is 4.79 Å². The zero-order chi connectivity index (χ0) is 20.4. The number of aliphatic hydroxyl groups excluding tert-OH is 4. The summed E-state index contributed by atoms with van der Waals surface area (Å²) in [6, 6.07) is 8.32. The van der Waals surface area contributed by atoms with E-state index in [1.165, 1.54) is 19.1 Å². The lowest BCUT2D eigenvalue weighted by Gasteiger charge is -2.39. The third kappa shape index (κ3) is 4.18. The number of benzene rings is 2. The molecule has 1 fully saturated rings. The molecule has 2 aromatic carbocycles. The zero-order valence-electron chi connectivity index (χ0n) is 15.4. The molecule has 0 aliphatic heterocycles. The molecule has 2 unspecified atom stereocenters. The Labute approximate surface area is 162 Å². The van der Waals surface area contributed by atoms with Crippen molar-refractivity contribution in [3.05, 3.63) is 42.0 Å². The van der Waals surface area contributed by atoms with Gasteiger partial charge in [-0.3, -0.25) is 4.79 Å². The van der Waals surface area contributed by atoms with Gasteiger partial charge >= 0.3 is 0 Å².